The van der Waals surface area contributed by atoms with Crippen LogP contribution in [0.5, 0.6) is 0 Å². The molecule has 0 spiro atoms. The van der Waals surface area contributed by atoms with E-state index in [1.807, 2.05) is 24.4 Å². The summed E-state index contributed by atoms with van der Waals surface area (Å²) in [5.41, 5.74) is 3.62. The lowest BCUT2D eigenvalue weighted by molar-refractivity contribution is 0.265. The number of aromatic nitrogens is 1. The SMILES string of the molecule is Cc1ccc(-c2ncc(CN[C@H](CCO)c3ccccc3)s2)cc1. The standard InChI is InChI=1S/C20H22N2OS/c1-15-7-9-17(10-8-15)20-22-14-18(24-20)13-21-19(11-12-23)16-5-3-2-4-6-16/h2-10,14,19,21,23H,11-13H2,1H3/t19-/m1/s1. The van der Waals surface area contributed by atoms with E-state index in [4.69, 9.17) is 0 Å². The van der Waals surface area contributed by atoms with Crippen molar-refractivity contribution in [2.45, 2.75) is 25.9 Å². The summed E-state index contributed by atoms with van der Waals surface area (Å²) >= 11 is 1.71. The molecular formula is C20H22N2OS. The number of rotatable bonds is 7. The fourth-order valence-corrected chi connectivity index (χ4v) is 3.51. The Balaban J connectivity index is 1.66. The molecular weight excluding hydrogens is 316 g/mol. The Morgan fingerprint density at radius 2 is 1.83 bits per heavy atom. The topological polar surface area (TPSA) is 45.2 Å². The molecule has 1 atom stereocenters. The lowest BCUT2D eigenvalue weighted by Crippen LogP contribution is -2.21. The van der Waals surface area contributed by atoms with E-state index in [9.17, 15) is 5.11 Å². The summed E-state index contributed by atoms with van der Waals surface area (Å²) in [6.45, 7) is 3.01. The number of nitrogens with zero attached hydrogens (tertiary/aromatic N) is 1. The Morgan fingerprint density at radius 3 is 2.54 bits per heavy atom. The first-order chi connectivity index (χ1) is 11.8. The van der Waals surface area contributed by atoms with Gasteiger partial charge in [0.2, 0.25) is 0 Å². The third-order valence-corrected chi connectivity index (χ3v) is 5.04. The maximum atomic E-state index is 9.32. The van der Waals surface area contributed by atoms with Crippen LogP contribution in [0, 0.1) is 6.92 Å². The van der Waals surface area contributed by atoms with Crippen LogP contribution in [0.15, 0.2) is 60.8 Å². The lowest BCUT2D eigenvalue weighted by atomic mass is 10.0. The van der Waals surface area contributed by atoms with E-state index in [1.54, 1.807) is 11.3 Å². The maximum Gasteiger partial charge on any atom is 0.123 e. The van der Waals surface area contributed by atoms with Gasteiger partial charge in [-0.2, -0.15) is 0 Å². The molecule has 24 heavy (non-hydrogen) atoms. The average Bonchev–Trinajstić information content (AvgIpc) is 3.09. The Kier molecular flexibility index (Phi) is 5.75. The van der Waals surface area contributed by atoms with Crippen LogP contribution < -0.4 is 5.32 Å². The number of aryl methyl sites for hydroxylation is 1. The molecule has 1 aromatic heterocycles. The highest BCUT2D eigenvalue weighted by Gasteiger charge is 2.11. The number of thiazole rings is 1. The first kappa shape index (κ1) is 16.8. The van der Waals surface area contributed by atoms with Crippen LogP contribution >= 0.6 is 11.3 Å². The third-order valence-electron chi connectivity index (χ3n) is 3.99. The van der Waals surface area contributed by atoms with Gasteiger partial charge in [0.25, 0.3) is 0 Å². The predicted molar refractivity (Wildman–Crippen MR) is 100 cm³/mol. The average molecular weight is 338 g/mol. The zero-order valence-corrected chi connectivity index (χ0v) is 14.6. The molecule has 0 aliphatic heterocycles. The van der Waals surface area contributed by atoms with Gasteiger partial charge in [-0.15, -0.1) is 11.3 Å². The molecule has 0 amide bonds. The smallest absolute Gasteiger partial charge is 0.123 e. The Hall–Kier alpha value is -2.01. The second-order valence-corrected chi connectivity index (χ2v) is 6.97. The predicted octanol–water partition coefficient (Wildman–Crippen LogP) is 4.33. The van der Waals surface area contributed by atoms with Crippen molar-refractivity contribution < 1.29 is 5.11 Å². The Bertz CT molecular complexity index is 753. The van der Waals surface area contributed by atoms with Crippen LogP contribution in [-0.4, -0.2) is 16.7 Å². The molecule has 2 N–H and O–H groups in total. The van der Waals surface area contributed by atoms with Crippen molar-refractivity contribution in [1.82, 2.24) is 10.3 Å². The molecule has 124 valence electrons. The molecule has 4 heteroatoms. The van der Waals surface area contributed by atoms with Crippen LogP contribution in [0.4, 0.5) is 0 Å². The van der Waals surface area contributed by atoms with Crippen molar-refractivity contribution in [2.24, 2.45) is 0 Å². The highest BCUT2D eigenvalue weighted by molar-refractivity contribution is 7.15. The molecule has 0 unspecified atom stereocenters. The van der Waals surface area contributed by atoms with Gasteiger partial charge in [0, 0.05) is 35.8 Å². The molecule has 0 aliphatic carbocycles. The molecule has 0 aliphatic rings. The monoisotopic (exact) mass is 338 g/mol. The van der Waals surface area contributed by atoms with Gasteiger partial charge in [0.1, 0.15) is 5.01 Å². The van der Waals surface area contributed by atoms with Gasteiger partial charge in [-0.1, -0.05) is 60.2 Å². The van der Waals surface area contributed by atoms with Crippen molar-refractivity contribution in [3.8, 4) is 10.6 Å². The van der Waals surface area contributed by atoms with Crippen LogP contribution in [0.3, 0.4) is 0 Å². The van der Waals surface area contributed by atoms with Gasteiger partial charge in [0.05, 0.1) is 0 Å². The molecule has 0 saturated heterocycles. The van der Waals surface area contributed by atoms with Gasteiger partial charge in [-0.3, -0.25) is 0 Å². The fraction of sp³-hybridized carbons (Fsp3) is 0.250. The van der Waals surface area contributed by atoms with Gasteiger partial charge >= 0.3 is 0 Å². The van der Waals surface area contributed by atoms with Crippen LogP contribution in [0.2, 0.25) is 0 Å². The van der Waals surface area contributed by atoms with Gasteiger partial charge < -0.3 is 10.4 Å². The number of hydrogen-bond acceptors (Lipinski definition) is 4. The highest BCUT2D eigenvalue weighted by Crippen LogP contribution is 2.26. The highest BCUT2D eigenvalue weighted by atomic mass is 32.1. The minimum absolute atomic E-state index is 0.154. The Labute approximate surface area is 147 Å². The first-order valence-corrected chi connectivity index (χ1v) is 8.99. The fourth-order valence-electron chi connectivity index (χ4n) is 2.64. The van der Waals surface area contributed by atoms with E-state index in [0.29, 0.717) is 6.42 Å². The number of hydrogen-bond donors (Lipinski definition) is 2. The van der Waals surface area contributed by atoms with Crippen molar-refractivity contribution in [3.05, 3.63) is 76.8 Å². The number of benzene rings is 2. The zero-order chi connectivity index (χ0) is 16.8. The van der Waals surface area contributed by atoms with Gasteiger partial charge in [0.15, 0.2) is 0 Å². The van der Waals surface area contributed by atoms with Crippen LogP contribution in [0.25, 0.3) is 10.6 Å². The van der Waals surface area contributed by atoms with Crippen molar-refractivity contribution >= 4 is 11.3 Å². The molecule has 3 rings (SSSR count). The van der Waals surface area contributed by atoms with Crippen molar-refractivity contribution in [3.63, 3.8) is 0 Å². The first-order valence-electron chi connectivity index (χ1n) is 8.17. The minimum Gasteiger partial charge on any atom is -0.396 e. The second-order valence-electron chi connectivity index (χ2n) is 5.85. The summed E-state index contributed by atoms with van der Waals surface area (Å²) in [5.74, 6) is 0. The molecule has 2 aromatic carbocycles. The number of aliphatic hydroxyl groups is 1. The quantitative estimate of drug-likeness (QED) is 0.674. The van der Waals surface area contributed by atoms with Gasteiger partial charge in [-0.25, -0.2) is 4.98 Å². The van der Waals surface area contributed by atoms with E-state index in [0.717, 1.165) is 17.1 Å². The summed E-state index contributed by atoms with van der Waals surface area (Å²) in [6, 6.07) is 18.9. The maximum absolute atomic E-state index is 9.32. The lowest BCUT2D eigenvalue weighted by Gasteiger charge is -2.17. The van der Waals surface area contributed by atoms with E-state index in [1.165, 1.54) is 16.0 Å². The van der Waals surface area contributed by atoms with Crippen molar-refractivity contribution in [1.29, 1.82) is 0 Å². The van der Waals surface area contributed by atoms with E-state index >= 15 is 0 Å². The van der Waals surface area contributed by atoms with E-state index in [2.05, 4.69) is 53.6 Å². The summed E-state index contributed by atoms with van der Waals surface area (Å²) in [5, 5.41) is 13.9. The summed E-state index contributed by atoms with van der Waals surface area (Å²) < 4.78 is 0. The minimum atomic E-state index is 0.154. The second kappa shape index (κ2) is 8.20. The summed E-state index contributed by atoms with van der Waals surface area (Å²) in [7, 11) is 0. The van der Waals surface area contributed by atoms with Crippen molar-refractivity contribution in [2.75, 3.05) is 6.61 Å². The molecule has 1 heterocycles. The molecule has 0 saturated carbocycles. The van der Waals surface area contributed by atoms with Crippen LogP contribution in [-0.2, 0) is 6.54 Å². The van der Waals surface area contributed by atoms with Crippen LogP contribution in [0.1, 0.15) is 28.5 Å². The Morgan fingerprint density at radius 1 is 1.08 bits per heavy atom. The largest absolute Gasteiger partial charge is 0.396 e. The van der Waals surface area contributed by atoms with Gasteiger partial charge in [-0.05, 0) is 18.9 Å². The molecule has 3 nitrogen and oxygen atoms in total. The molecule has 3 aromatic rings. The molecule has 0 bridgehead atoms. The normalized spacial score (nSPS) is 12.2. The summed E-state index contributed by atoms with van der Waals surface area (Å²) in [6.07, 6.45) is 2.64. The number of aliphatic hydroxyl groups excluding tert-OH is 1. The molecule has 0 fully saturated rings. The number of nitrogens with one attached hydrogen (secondary N) is 1. The van der Waals surface area contributed by atoms with E-state index in [-0.39, 0.29) is 12.6 Å². The summed E-state index contributed by atoms with van der Waals surface area (Å²) in [4.78, 5) is 5.74. The third kappa shape index (κ3) is 4.29. The van der Waals surface area contributed by atoms with E-state index < -0.39 is 0 Å². The zero-order valence-electron chi connectivity index (χ0n) is 13.8. The molecule has 0 radical (unpaired) electrons.